The lowest BCUT2D eigenvalue weighted by molar-refractivity contribution is -0.387. The van der Waals surface area contributed by atoms with Gasteiger partial charge in [0.1, 0.15) is 5.51 Å². The molecule has 9 nitrogen and oxygen atoms in total. The summed E-state index contributed by atoms with van der Waals surface area (Å²) in [5.74, 6) is 0. The van der Waals surface area contributed by atoms with Gasteiger partial charge in [-0.3, -0.25) is 14.8 Å². The Kier molecular flexibility index (Phi) is 3.81. The molecule has 0 radical (unpaired) electrons. The second kappa shape index (κ2) is 5.38. The van der Waals surface area contributed by atoms with E-state index < -0.39 is 25.5 Å². The molecular formula is C9H9N5O4S2. The van der Waals surface area contributed by atoms with Gasteiger partial charge < -0.3 is 5.32 Å². The molecule has 0 saturated heterocycles. The van der Waals surface area contributed by atoms with Crippen LogP contribution < -0.4 is 10.0 Å². The van der Waals surface area contributed by atoms with Crippen molar-refractivity contribution in [2.75, 3.05) is 17.1 Å². The third kappa shape index (κ3) is 2.83. The predicted octanol–water partition coefficient (Wildman–Crippen LogP) is 1.29. The highest BCUT2D eigenvalue weighted by atomic mass is 32.2. The molecule has 0 aliphatic rings. The van der Waals surface area contributed by atoms with Crippen molar-refractivity contribution in [2.24, 2.45) is 0 Å². The lowest BCUT2D eigenvalue weighted by Crippen LogP contribution is -2.14. The Morgan fingerprint density at radius 3 is 2.70 bits per heavy atom. The Bertz CT molecular complexity index is 729. The molecule has 1 heterocycles. The molecule has 1 aromatic heterocycles. The Morgan fingerprint density at radius 2 is 2.15 bits per heavy atom. The molecule has 0 spiro atoms. The lowest BCUT2D eigenvalue weighted by atomic mass is 10.3. The summed E-state index contributed by atoms with van der Waals surface area (Å²) in [6, 6.07) is 3.74. The largest absolute Gasteiger partial charge is 0.388 e. The summed E-state index contributed by atoms with van der Waals surface area (Å²) in [7, 11) is -2.52. The van der Waals surface area contributed by atoms with Crippen LogP contribution in [0.4, 0.5) is 16.5 Å². The minimum absolute atomic E-state index is 0.0389. The van der Waals surface area contributed by atoms with E-state index in [1.807, 2.05) is 0 Å². The van der Waals surface area contributed by atoms with E-state index in [0.29, 0.717) is 5.69 Å². The van der Waals surface area contributed by atoms with Crippen molar-refractivity contribution in [3.05, 3.63) is 33.8 Å². The summed E-state index contributed by atoms with van der Waals surface area (Å²) < 4.78 is 26.4. The number of nitro benzene ring substituents is 1. The number of hydrogen-bond donors (Lipinski definition) is 2. The van der Waals surface area contributed by atoms with Crippen molar-refractivity contribution in [3.63, 3.8) is 0 Å². The van der Waals surface area contributed by atoms with Gasteiger partial charge in [0.2, 0.25) is 5.13 Å². The standard InChI is InChI=1S/C9H9N5O4S2/c1-10-6-2-3-8(7(4-6)14(15)16)20(17,18)13-9-12-11-5-19-9/h2-5,10H,1H3,(H,12,13). The first kappa shape index (κ1) is 14.1. The van der Waals surface area contributed by atoms with Crippen molar-refractivity contribution in [1.29, 1.82) is 0 Å². The molecule has 0 aliphatic heterocycles. The molecule has 0 amide bonds. The maximum atomic E-state index is 12.1. The van der Waals surface area contributed by atoms with Gasteiger partial charge in [-0.15, -0.1) is 10.2 Å². The zero-order valence-electron chi connectivity index (χ0n) is 10.1. The molecule has 2 N–H and O–H groups in total. The molecule has 106 valence electrons. The fraction of sp³-hybridized carbons (Fsp3) is 0.111. The average Bonchev–Trinajstić information content (AvgIpc) is 2.90. The van der Waals surface area contributed by atoms with Crippen LogP contribution in [0.5, 0.6) is 0 Å². The van der Waals surface area contributed by atoms with Gasteiger partial charge in [-0.2, -0.15) is 0 Å². The molecule has 0 fully saturated rings. The Balaban J connectivity index is 2.48. The van der Waals surface area contributed by atoms with Crippen LogP contribution in [0, 0.1) is 10.1 Å². The second-order valence-corrected chi connectivity index (χ2v) is 6.02. The van der Waals surface area contributed by atoms with Gasteiger partial charge in [-0.1, -0.05) is 11.3 Å². The topological polar surface area (TPSA) is 127 Å². The summed E-state index contributed by atoms with van der Waals surface area (Å²) in [5, 5.41) is 20.8. The van der Waals surface area contributed by atoms with Crippen LogP contribution in [-0.4, -0.2) is 30.6 Å². The van der Waals surface area contributed by atoms with Gasteiger partial charge >= 0.3 is 0 Å². The van der Waals surface area contributed by atoms with Gasteiger partial charge in [-0.25, -0.2) is 8.42 Å². The van der Waals surface area contributed by atoms with E-state index in [1.54, 1.807) is 7.05 Å². The zero-order valence-corrected chi connectivity index (χ0v) is 11.7. The van der Waals surface area contributed by atoms with Crippen LogP contribution in [0.1, 0.15) is 0 Å². The predicted molar refractivity (Wildman–Crippen MR) is 73.4 cm³/mol. The van der Waals surface area contributed by atoms with E-state index in [2.05, 4.69) is 20.2 Å². The number of benzene rings is 1. The number of anilines is 2. The number of hydrogen-bond acceptors (Lipinski definition) is 8. The number of aromatic nitrogens is 2. The summed E-state index contributed by atoms with van der Waals surface area (Å²) >= 11 is 0.972. The van der Waals surface area contributed by atoms with Crippen LogP contribution in [0.25, 0.3) is 0 Å². The summed E-state index contributed by atoms with van der Waals surface area (Å²) in [4.78, 5) is 9.81. The molecule has 0 bridgehead atoms. The molecule has 2 rings (SSSR count). The first-order valence-corrected chi connectivity index (χ1v) is 7.55. The van der Waals surface area contributed by atoms with Gasteiger partial charge in [-0.05, 0) is 12.1 Å². The van der Waals surface area contributed by atoms with E-state index in [1.165, 1.54) is 11.6 Å². The second-order valence-electron chi connectivity index (χ2n) is 3.54. The van der Waals surface area contributed by atoms with E-state index in [9.17, 15) is 18.5 Å². The molecule has 0 atom stereocenters. The summed E-state index contributed by atoms with van der Waals surface area (Å²) in [6.07, 6.45) is 0. The zero-order chi connectivity index (χ0) is 14.8. The van der Waals surface area contributed by atoms with E-state index in [-0.39, 0.29) is 5.13 Å². The van der Waals surface area contributed by atoms with Crippen molar-refractivity contribution in [3.8, 4) is 0 Å². The number of rotatable bonds is 5. The molecule has 11 heteroatoms. The number of nitrogens with zero attached hydrogens (tertiary/aromatic N) is 3. The van der Waals surface area contributed by atoms with Crippen molar-refractivity contribution in [2.45, 2.75) is 4.90 Å². The molecule has 0 aliphatic carbocycles. The maximum absolute atomic E-state index is 12.1. The van der Waals surface area contributed by atoms with Crippen molar-refractivity contribution in [1.82, 2.24) is 10.2 Å². The normalized spacial score (nSPS) is 11.1. The highest BCUT2D eigenvalue weighted by Gasteiger charge is 2.27. The van der Waals surface area contributed by atoms with Crippen LogP contribution >= 0.6 is 11.3 Å². The van der Waals surface area contributed by atoms with E-state index >= 15 is 0 Å². The first-order chi connectivity index (χ1) is 9.44. The number of sulfonamides is 1. The van der Waals surface area contributed by atoms with Crippen LogP contribution in [0.2, 0.25) is 0 Å². The average molecular weight is 315 g/mol. The Labute approximate surface area is 117 Å². The quantitative estimate of drug-likeness (QED) is 0.628. The Hall–Kier alpha value is -2.27. The van der Waals surface area contributed by atoms with Crippen LogP contribution in [0.3, 0.4) is 0 Å². The minimum atomic E-state index is -4.10. The minimum Gasteiger partial charge on any atom is -0.388 e. The monoisotopic (exact) mass is 315 g/mol. The third-order valence-electron chi connectivity index (χ3n) is 2.32. The SMILES string of the molecule is CNc1ccc(S(=O)(=O)Nc2nncs2)c([N+](=O)[O-])c1. The Morgan fingerprint density at radius 1 is 1.40 bits per heavy atom. The van der Waals surface area contributed by atoms with Crippen LogP contribution in [-0.2, 0) is 10.0 Å². The molecule has 0 saturated carbocycles. The van der Waals surface area contributed by atoms with Gasteiger partial charge in [0.25, 0.3) is 15.7 Å². The lowest BCUT2D eigenvalue weighted by Gasteiger charge is -2.07. The molecule has 1 aromatic carbocycles. The molecule has 0 unspecified atom stereocenters. The molecular weight excluding hydrogens is 306 g/mol. The summed E-state index contributed by atoms with van der Waals surface area (Å²) in [6.45, 7) is 0. The van der Waals surface area contributed by atoms with Crippen LogP contribution in [0.15, 0.2) is 28.6 Å². The van der Waals surface area contributed by atoms with Gasteiger partial charge in [0.05, 0.1) is 4.92 Å². The summed E-state index contributed by atoms with van der Waals surface area (Å²) in [5.41, 5.74) is 1.26. The first-order valence-electron chi connectivity index (χ1n) is 5.19. The third-order valence-corrected chi connectivity index (χ3v) is 4.44. The fourth-order valence-electron chi connectivity index (χ4n) is 1.43. The molecule has 2 aromatic rings. The highest BCUT2D eigenvalue weighted by Crippen LogP contribution is 2.28. The van der Waals surface area contributed by atoms with E-state index in [4.69, 9.17) is 0 Å². The van der Waals surface area contributed by atoms with Crippen molar-refractivity contribution < 1.29 is 13.3 Å². The smallest absolute Gasteiger partial charge is 0.291 e. The highest BCUT2D eigenvalue weighted by molar-refractivity contribution is 7.93. The maximum Gasteiger partial charge on any atom is 0.291 e. The number of nitro groups is 1. The fourth-order valence-corrected chi connectivity index (χ4v) is 3.28. The van der Waals surface area contributed by atoms with Gasteiger partial charge in [0.15, 0.2) is 4.90 Å². The van der Waals surface area contributed by atoms with E-state index in [0.717, 1.165) is 23.5 Å². The number of nitrogens with one attached hydrogen (secondary N) is 2. The molecule has 20 heavy (non-hydrogen) atoms. The van der Waals surface area contributed by atoms with Gasteiger partial charge in [0, 0.05) is 18.8 Å². The van der Waals surface area contributed by atoms with Crippen molar-refractivity contribution >= 4 is 37.9 Å².